The predicted octanol–water partition coefficient (Wildman–Crippen LogP) is 0.143. The van der Waals surface area contributed by atoms with Gasteiger partial charge in [0.25, 0.3) is 0 Å². The first-order valence-corrected chi connectivity index (χ1v) is 5.24. The second kappa shape index (κ2) is 4.59. The van der Waals surface area contributed by atoms with Crippen LogP contribution in [-0.2, 0) is 9.59 Å². The molecule has 2 unspecified atom stereocenters. The molecule has 1 aromatic rings. The number of halogens is 1. The van der Waals surface area contributed by atoms with E-state index in [1.165, 1.54) is 13.3 Å². The van der Waals surface area contributed by atoms with Gasteiger partial charge in [0.15, 0.2) is 0 Å². The van der Waals surface area contributed by atoms with Crippen molar-refractivity contribution in [1.29, 1.82) is 0 Å². The van der Waals surface area contributed by atoms with E-state index in [2.05, 4.69) is 10.3 Å². The molecule has 1 aliphatic rings. The first-order valence-electron chi connectivity index (χ1n) is 5.24. The van der Waals surface area contributed by atoms with E-state index in [-0.39, 0.29) is 18.0 Å². The number of carboxylic acid groups (broad SMARTS) is 1. The summed E-state index contributed by atoms with van der Waals surface area (Å²) in [5, 5.41) is 11.4. The SMILES string of the molecule is COc1cnc(C2CNC(=O)C2C(=O)O)c(F)c1. The normalized spacial score (nSPS) is 22.7. The van der Waals surface area contributed by atoms with E-state index in [0.717, 1.165) is 6.07 Å². The third-order valence-corrected chi connectivity index (χ3v) is 2.88. The van der Waals surface area contributed by atoms with Gasteiger partial charge in [-0.15, -0.1) is 0 Å². The van der Waals surface area contributed by atoms with Crippen LogP contribution in [0, 0.1) is 11.7 Å². The molecule has 1 amide bonds. The standard InChI is InChI=1S/C11H11FN2O4/c1-18-5-2-7(12)9(13-3-5)6-4-14-10(15)8(6)11(16)17/h2-3,6,8H,4H2,1H3,(H,14,15)(H,16,17). The lowest BCUT2D eigenvalue weighted by atomic mass is 9.92. The summed E-state index contributed by atoms with van der Waals surface area (Å²) in [4.78, 5) is 26.2. The summed E-state index contributed by atoms with van der Waals surface area (Å²) in [6.45, 7) is 0.0616. The Labute approximate surface area is 102 Å². The highest BCUT2D eigenvalue weighted by Gasteiger charge is 2.43. The van der Waals surface area contributed by atoms with Crippen molar-refractivity contribution < 1.29 is 23.8 Å². The van der Waals surface area contributed by atoms with Crippen LogP contribution in [0.15, 0.2) is 12.3 Å². The zero-order valence-corrected chi connectivity index (χ0v) is 9.51. The molecule has 7 heteroatoms. The van der Waals surface area contributed by atoms with Crippen molar-refractivity contribution in [2.24, 2.45) is 5.92 Å². The number of nitrogens with one attached hydrogen (secondary N) is 1. The maximum atomic E-state index is 13.8. The summed E-state index contributed by atoms with van der Waals surface area (Å²) in [5.41, 5.74) is -0.0402. The van der Waals surface area contributed by atoms with E-state index in [1.54, 1.807) is 0 Å². The Morgan fingerprint density at radius 1 is 1.67 bits per heavy atom. The summed E-state index contributed by atoms with van der Waals surface area (Å²) in [6.07, 6.45) is 1.29. The van der Waals surface area contributed by atoms with Gasteiger partial charge in [0.1, 0.15) is 17.5 Å². The van der Waals surface area contributed by atoms with Crippen molar-refractivity contribution in [1.82, 2.24) is 10.3 Å². The van der Waals surface area contributed by atoms with Gasteiger partial charge in [-0.2, -0.15) is 0 Å². The molecule has 1 aliphatic heterocycles. The maximum absolute atomic E-state index is 13.8. The number of pyridine rings is 1. The van der Waals surface area contributed by atoms with Crippen molar-refractivity contribution in [2.45, 2.75) is 5.92 Å². The van der Waals surface area contributed by atoms with Gasteiger partial charge in [0.05, 0.1) is 19.0 Å². The number of carbonyl (C=O) groups excluding carboxylic acids is 1. The average molecular weight is 254 g/mol. The number of aromatic nitrogens is 1. The van der Waals surface area contributed by atoms with E-state index < -0.39 is 29.5 Å². The predicted molar refractivity (Wildman–Crippen MR) is 57.6 cm³/mol. The van der Waals surface area contributed by atoms with Gasteiger partial charge in [-0.25, -0.2) is 4.39 Å². The summed E-state index contributed by atoms with van der Waals surface area (Å²) in [6, 6.07) is 1.12. The number of ether oxygens (including phenoxy) is 1. The molecule has 18 heavy (non-hydrogen) atoms. The van der Waals surface area contributed by atoms with E-state index in [9.17, 15) is 14.0 Å². The number of carbonyl (C=O) groups is 2. The van der Waals surface area contributed by atoms with Crippen LogP contribution in [0.1, 0.15) is 11.6 Å². The van der Waals surface area contributed by atoms with E-state index >= 15 is 0 Å². The average Bonchev–Trinajstić information content (AvgIpc) is 2.70. The molecule has 0 bridgehead atoms. The van der Waals surface area contributed by atoms with Crippen LogP contribution in [0.4, 0.5) is 4.39 Å². The van der Waals surface area contributed by atoms with Crippen molar-refractivity contribution in [3.8, 4) is 5.75 Å². The number of nitrogens with zero attached hydrogens (tertiary/aromatic N) is 1. The third kappa shape index (κ3) is 1.99. The van der Waals surface area contributed by atoms with E-state index in [1.807, 2.05) is 0 Å². The highest BCUT2D eigenvalue weighted by atomic mass is 19.1. The topological polar surface area (TPSA) is 88.5 Å². The molecule has 0 radical (unpaired) electrons. The summed E-state index contributed by atoms with van der Waals surface area (Å²) >= 11 is 0. The van der Waals surface area contributed by atoms with Gasteiger partial charge in [-0.05, 0) is 0 Å². The molecule has 1 fully saturated rings. The lowest BCUT2D eigenvalue weighted by Gasteiger charge is -2.13. The van der Waals surface area contributed by atoms with Crippen LogP contribution in [0.2, 0.25) is 0 Å². The molecular weight excluding hydrogens is 243 g/mol. The molecule has 6 nitrogen and oxygen atoms in total. The molecule has 96 valence electrons. The second-order valence-electron chi connectivity index (χ2n) is 3.91. The third-order valence-electron chi connectivity index (χ3n) is 2.88. The maximum Gasteiger partial charge on any atom is 0.316 e. The molecule has 2 atom stereocenters. The van der Waals surface area contributed by atoms with Crippen LogP contribution >= 0.6 is 0 Å². The minimum absolute atomic E-state index is 0.0402. The molecule has 1 aromatic heterocycles. The number of hydrogen-bond donors (Lipinski definition) is 2. The lowest BCUT2D eigenvalue weighted by Crippen LogP contribution is -2.27. The molecule has 0 aliphatic carbocycles. The monoisotopic (exact) mass is 254 g/mol. The Hall–Kier alpha value is -2.18. The zero-order valence-electron chi connectivity index (χ0n) is 9.51. The largest absolute Gasteiger partial charge is 0.495 e. The molecule has 2 heterocycles. The number of amides is 1. The number of carboxylic acids is 1. The van der Waals surface area contributed by atoms with Gasteiger partial charge < -0.3 is 15.2 Å². The van der Waals surface area contributed by atoms with E-state index in [0.29, 0.717) is 0 Å². The number of hydrogen-bond acceptors (Lipinski definition) is 4. The van der Waals surface area contributed by atoms with Crippen LogP contribution < -0.4 is 10.1 Å². The molecule has 1 saturated heterocycles. The van der Waals surface area contributed by atoms with Crippen LogP contribution in [0.3, 0.4) is 0 Å². The Morgan fingerprint density at radius 3 is 2.94 bits per heavy atom. The fourth-order valence-corrected chi connectivity index (χ4v) is 1.98. The van der Waals surface area contributed by atoms with Crippen molar-refractivity contribution in [3.63, 3.8) is 0 Å². The molecular formula is C11H11FN2O4. The van der Waals surface area contributed by atoms with E-state index in [4.69, 9.17) is 9.84 Å². The summed E-state index contributed by atoms with van der Waals surface area (Å²) < 4.78 is 18.6. The van der Waals surface area contributed by atoms with Crippen molar-refractivity contribution >= 4 is 11.9 Å². The zero-order chi connectivity index (χ0) is 13.3. The minimum Gasteiger partial charge on any atom is -0.495 e. The number of aliphatic carboxylic acids is 1. The first-order chi connectivity index (χ1) is 8.54. The number of methoxy groups -OCH3 is 1. The molecule has 2 rings (SSSR count). The fourth-order valence-electron chi connectivity index (χ4n) is 1.98. The van der Waals surface area contributed by atoms with Crippen LogP contribution in [-0.4, -0.2) is 35.6 Å². The van der Waals surface area contributed by atoms with Gasteiger partial charge in [-0.3, -0.25) is 14.6 Å². The Morgan fingerprint density at radius 2 is 2.39 bits per heavy atom. The van der Waals surface area contributed by atoms with Crippen LogP contribution in [0.25, 0.3) is 0 Å². The molecule has 0 aromatic carbocycles. The Balaban J connectivity index is 2.36. The second-order valence-corrected chi connectivity index (χ2v) is 3.91. The molecule has 2 N–H and O–H groups in total. The molecule has 0 saturated carbocycles. The quantitative estimate of drug-likeness (QED) is 0.749. The fraction of sp³-hybridized carbons (Fsp3) is 0.364. The van der Waals surface area contributed by atoms with Gasteiger partial charge in [-0.1, -0.05) is 0 Å². The summed E-state index contributed by atoms with van der Waals surface area (Å²) in [7, 11) is 1.37. The highest BCUT2D eigenvalue weighted by Crippen LogP contribution is 2.30. The van der Waals surface area contributed by atoms with Gasteiger partial charge in [0, 0.05) is 18.5 Å². The van der Waals surface area contributed by atoms with Gasteiger partial charge in [0.2, 0.25) is 5.91 Å². The van der Waals surface area contributed by atoms with Crippen molar-refractivity contribution in [3.05, 3.63) is 23.8 Å². The highest BCUT2D eigenvalue weighted by molar-refractivity contribution is 5.99. The molecule has 0 spiro atoms. The number of rotatable bonds is 3. The van der Waals surface area contributed by atoms with Gasteiger partial charge >= 0.3 is 5.97 Å². The minimum atomic E-state index is -1.31. The smallest absolute Gasteiger partial charge is 0.316 e. The Kier molecular flexibility index (Phi) is 3.14. The summed E-state index contributed by atoms with van der Waals surface area (Å²) in [5.74, 6) is -4.46. The lowest BCUT2D eigenvalue weighted by molar-refractivity contribution is -0.145. The van der Waals surface area contributed by atoms with Crippen molar-refractivity contribution in [2.75, 3.05) is 13.7 Å². The Bertz CT molecular complexity index is 506. The first kappa shape index (κ1) is 12.3. The van der Waals surface area contributed by atoms with Crippen LogP contribution in [0.5, 0.6) is 5.75 Å².